The Bertz CT molecular complexity index is 516. The maximum Gasteiger partial charge on any atom is 0.326 e. The van der Waals surface area contributed by atoms with Crippen LogP contribution in [-0.2, 0) is 9.59 Å². The quantitative estimate of drug-likeness (QED) is 0.616. The lowest BCUT2D eigenvalue weighted by atomic mass is 10.1. The van der Waals surface area contributed by atoms with Gasteiger partial charge in [0, 0.05) is 12.1 Å². The van der Waals surface area contributed by atoms with Crippen LogP contribution < -0.4 is 16.4 Å². The monoisotopic (exact) mass is 279 g/mol. The first-order chi connectivity index (χ1) is 9.38. The summed E-state index contributed by atoms with van der Waals surface area (Å²) >= 11 is 0. The predicted octanol–water partition coefficient (Wildman–Crippen LogP) is 0.835. The van der Waals surface area contributed by atoms with E-state index in [4.69, 9.17) is 10.8 Å². The van der Waals surface area contributed by atoms with Crippen molar-refractivity contribution in [3.05, 3.63) is 29.8 Å². The number of carboxylic acids is 1. The van der Waals surface area contributed by atoms with E-state index in [2.05, 4.69) is 10.6 Å². The fourth-order valence-corrected chi connectivity index (χ4v) is 1.59. The van der Waals surface area contributed by atoms with E-state index in [-0.39, 0.29) is 12.8 Å². The van der Waals surface area contributed by atoms with Crippen molar-refractivity contribution in [2.45, 2.75) is 25.8 Å². The van der Waals surface area contributed by atoms with Gasteiger partial charge < -0.3 is 21.5 Å². The van der Waals surface area contributed by atoms with Crippen molar-refractivity contribution in [1.29, 1.82) is 0 Å². The molecule has 0 spiro atoms. The zero-order chi connectivity index (χ0) is 15.1. The number of nitrogens with two attached hydrogens (primary N) is 1. The summed E-state index contributed by atoms with van der Waals surface area (Å²) in [5, 5.41) is 13.8. The van der Waals surface area contributed by atoms with Crippen LogP contribution >= 0.6 is 0 Å². The van der Waals surface area contributed by atoms with Gasteiger partial charge in [-0.05, 0) is 31.0 Å². The van der Waals surface area contributed by atoms with E-state index in [1.807, 2.05) is 13.0 Å². The van der Waals surface area contributed by atoms with Crippen molar-refractivity contribution < 1.29 is 19.5 Å². The summed E-state index contributed by atoms with van der Waals surface area (Å²) in [6.45, 7) is 1.87. The molecule has 0 radical (unpaired) electrons. The number of benzene rings is 1. The highest BCUT2D eigenvalue weighted by Gasteiger charge is 2.20. The molecular weight excluding hydrogens is 262 g/mol. The highest BCUT2D eigenvalue weighted by molar-refractivity contribution is 5.92. The van der Waals surface area contributed by atoms with Crippen LogP contribution in [0, 0.1) is 6.92 Å². The zero-order valence-corrected chi connectivity index (χ0v) is 11.1. The normalized spacial score (nSPS) is 11.4. The Kier molecular flexibility index (Phi) is 5.52. The molecule has 0 saturated heterocycles. The minimum Gasteiger partial charge on any atom is -0.480 e. The summed E-state index contributed by atoms with van der Waals surface area (Å²) in [6, 6.07) is 5.27. The number of urea groups is 1. The van der Waals surface area contributed by atoms with Crippen LogP contribution in [-0.4, -0.2) is 29.1 Å². The average molecular weight is 279 g/mol. The smallest absolute Gasteiger partial charge is 0.326 e. The molecule has 3 amide bonds. The summed E-state index contributed by atoms with van der Waals surface area (Å²) in [5.74, 6) is -1.83. The number of aliphatic carboxylic acids is 1. The number of primary amides is 1. The summed E-state index contributed by atoms with van der Waals surface area (Å²) in [6.07, 6.45) is -0.159. The molecular formula is C13H17N3O4. The van der Waals surface area contributed by atoms with Gasteiger partial charge in [-0.3, -0.25) is 4.79 Å². The van der Waals surface area contributed by atoms with Crippen molar-refractivity contribution in [2.75, 3.05) is 5.32 Å². The number of carboxylic acid groups (broad SMARTS) is 1. The molecule has 0 aliphatic heterocycles. The lowest BCUT2D eigenvalue weighted by molar-refractivity contribution is -0.139. The van der Waals surface area contributed by atoms with E-state index >= 15 is 0 Å². The Hall–Kier alpha value is -2.57. The molecule has 1 atom stereocenters. The molecule has 108 valence electrons. The first-order valence-corrected chi connectivity index (χ1v) is 6.04. The van der Waals surface area contributed by atoms with Gasteiger partial charge in [0.2, 0.25) is 5.91 Å². The summed E-state index contributed by atoms with van der Waals surface area (Å²) in [7, 11) is 0. The largest absolute Gasteiger partial charge is 0.480 e. The van der Waals surface area contributed by atoms with Gasteiger partial charge in [-0.15, -0.1) is 0 Å². The molecule has 1 aromatic rings. The lowest BCUT2D eigenvalue weighted by Gasteiger charge is -2.14. The molecule has 0 heterocycles. The first kappa shape index (κ1) is 15.5. The van der Waals surface area contributed by atoms with Gasteiger partial charge in [0.25, 0.3) is 0 Å². The van der Waals surface area contributed by atoms with Crippen LogP contribution in [0.5, 0.6) is 0 Å². The van der Waals surface area contributed by atoms with Gasteiger partial charge in [-0.2, -0.15) is 0 Å². The topological polar surface area (TPSA) is 122 Å². The Morgan fingerprint density at radius 3 is 2.60 bits per heavy atom. The molecule has 1 unspecified atom stereocenters. The van der Waals surface area contributed by atoms with E-state index in [9.17, 15) is 14.4 Å². The van der Waals surface area contributed by atoms with Gasteiger partial charge in [0.15, 0.2) is 0 Å². The van der Waals surface area contributed by atoms with Gasteiger partial charge in [0.05, 0.1) is 0 Å². The zero-order valence-electron chi connectivity index (χ0n) is 11.1. The third kappa shape index (κ3) is 5.38. The summed E-state index contributed by atoms with van der Waals surface area (Å²) in [5.41, 5.74) is 6.47. The molecule has 1 rings (SSSR count). The molecule has 0 aliphatic carbocycles. The second-order valence-corrected chi connectivity index (χ2v) is 4.36. The fraction of sp³-hybridized carbons (Fsp3) is 0.308. The van der Waals surface area contributed by atoms with Gasteiger partial charge in [-0.25, -0.2) is 9.59 Å². The SMILES string of the molecule is Cc1cccc(NC(=O)NC(CCC(N)=O)C(=O)O)c1. The number of carbonyl (C=O) groups excluding carboxylic acids is 2. The highest BCUT2D eigenvalue weighted by atomic mass is 16.4. The van der Waals surface area contributed by atoms with Crippen LogP contribution in [0.3, 0.4) is 0 Å². The number of anilines is 1. The van der Waals surface area contributed by atoms with Crippen LogP contribution in [0.25, 0.3) is 0 Å². The molecule has 0 fully saturated rings. The number of carbonyl (C=O) groups is 3. The molecule has 7 heteroatoms. The van der Waals surface area contributed by atoms with Gasteiger partial charge in [0.1, 0.15) is 6.04 Å². The predicted molar refractivity (Wildman–Crippen MR) is 73.2 cm³/mol. The first-order valence-electron chi connectivity index (χ1n) is 6.04. The van der Waals surface area contributed by atoms with Crippen molar-refractivity contribution in [2.24, 2.45) is 5.73 Å². The maximum absolute atomic E-state index is 11.7. The van der Waals surface area contributed by atoms with Crippen LogP contribution in [0.2, 0.25) is 0 Å². The second-order valence-electron chi connectivity index (χ2n) is 4.36. The van der Waals surface area contributed by atoms with Crippen molar-refractivity contribution in [3.8, 4) is 0 Å². The third-order valence-electron chi connectivity index (χ3n) is 2.56. The number of amides is 3. The van der Waals surface area contributed by atoms with E-state index in [0.717, 1.165) is 5.56 Å². The molecule has 5 N–H and O–H groups in total. The minimum absolute atomic E-state index is 0.0497. The van der Waals surface area contributed by atoms with Crippen molar-refractivity contribution >= 4 is 23.6 Å². The summed E-state index contributed by atoms with van der Waals surface area (Å²) < 4.78 is 0. The molecule has 0 aliphatic rings. The molecule has 0 bridgehead atoms. The number of nitrogens with one attached hydrogen (secondary N) is 2. The standard InChI is InChI=1S/C13H17N3O4/c1-8-3-2-4-9(7-8)15-13(20)16-10(12(18)19)5-6-11(14)17/h2-4,7,10H,5-6H2,1H3,(H2,14,17)(H,18,19)(H2,15,16,20). The Morgan fingerprint density at radius 2 is 2.05 bits per heavy atom. The Morgan fingerprint density at radius 1 is 1.35 bits per heavy atom. The van der Waals surface area contributed by atoms with E-state index < -0.39 is 23.9 Å². The molecule has 0 aromatic heterocycles. The number of rotatable bonds is 6. The van der Waals surface area contributed by atoms with Crippen molar-refractivity contribution in [1.82, 2.24) is 5.32 Å². The van der Waals surface area contributed by atoms with E-state index in [1.165, 1.54) is 0 Å². The number of aryl methyl sites for hydroxylation is 1. The van der Waals surface area contributed by atoms with Gasteiger partial charge >= 0.3 is 12.0 Å². The maximum atomic E-state index is 11.7. The van der Waals surface area contributed by atoms with Crippen molar-refractivity contribution in [3.63, 3.8) is 0 Å². The Balaban J connectivity index is 2.57. The van der Waals surface area contributed by atoms with E-state index in [0.29, 0.717) is 5.69 Å². The summed E-state index contributed by atoms with van der Waals surface area (Å²) in [4.78, 5) is 33.3. The molecule has 20 heavy (non-hydrogen) atoms. The number of hydrogen-bond donors (Lipinski definition) is 4. The second kappa shape index (κ2) is 7.13. The minimum atomic E-state index is -1.22. The van der Waals surface area contributed by atoms with Crippen LogP contribution in [0.4, 0.5) is 10.5 Å². The molecule has 1 aromatic carbocycles. The van der Waals surface area contributed by atoms with Gasteiger partial charge in [-0.1, -0.05) is 12.1 Å². The van der Waals surface area contributed by atoms with E-state index in [1.54, 1.807) is 18.2 Å². The fourth-order valence-electron chi connectivity index (χ4n) is 1.59. The number of hydrogen-bond acceptors (Lipinski definition) is 3. The lowest BCUT2D eigenvalue weighted by Crippen LogP contribution is -2.43. The Labute approximate surface area is 116 Å². The highest BCUT2D eigenvalue weighted by Crippen LogP contribution is 2.09. The van der Waals surface area contributed by atoms with Crippen LogP contribution in [0.1, 0.15) is 18.4 Å². The average Bonchev–Trinajstić information content (AvgIpc) is 2.33. The molecule has 7 nitrogen and oxygen atoms in total. The molecule has 0 saturated carbocycles. The van der Waals surface area contributed by atoms with Crippen LogP contribution in [0.15, 0.2) is 24.3 Å². The third-order valence-corrected chi connectivity index (χ3v) is 2.56.